The van der Waals surface area contributed by atoms with Crippen molar-refractivity contribution in [3.8, 4) is 0 Å². The van der Waals surface area contributed by atoms with E-state index in [1.54, 1.807) is 12.3 Å². The summed E-state index contributed by atoms with van der Waals surface area (Å²) < 4.78 is 0. The van der Waals surface area contributed by atoms with Crippen molar-refractivity contribution < 1.29 is 5.11 Å². The van der Waals surface area contributed by atoms with Crippen LogP contribution in [0.2, 0.25) is 0 Å². The van der Waals surface area contributed by atoms with Crippen molar-refractivity contribution in [1.82, 2.24) is 4.98 Å². The van der Waals surface area contributed by atoms with Crippen molar-refractivity contribution >= 4 is 5.82 Å². The smallest absolute Gasteiger partial charge is 0.123 e. The molecular weight excluding hydrogens is 202 g/mol. The van der Waals surface area contributed by atoms with Crippen LogP contribution in [0.25, 0.3) is 0 Å². The van der Waals surface area contributed by atoms with Crippen LogP contribution < -0.4 is 11.5 Å². The largest absolute Gasteiger partial charge is 0.392 e. The molecule has 4 nitrogen and oxygen atoms in total. The van der Waals surface area contributed by atoms with Gasteiger partial charge in [-0.05, 0) is 42.5 Å². The van der Waals surface area contributed by atoms with Crippen LogP contribution in [-0.2, 0) is 6.42 Å². The van der Waals surface area contributed by atoms with Crippen LogP contribution in [0, 0.1) is 11.8 Å². The molecule has 0 saturated heterocycles. The third kappa shape index (κ3) is 3.47. The topological polar surface area (TPSA) is 85.2 Å². The molecule has 0 spiro atoms. The fourth-order valence-electron chi connectivity index (χ4n) is 1.89. The zero-order chi connectivity index (χ0) is 12.1. The second-order valence-corrected chi connectivity index (χ2v) is 4.50. The van der Waals surface area contributed by atoms with E-state index < -0.39 is 6.10 Å². The summed E-state index contributed by atoms with van der Waals surface area (Å²) in [6.07, 6.45) is 1.81. The summed E-state index contributed by atoms with van der Waals surface area (Å²) in [6, 6.07) is 3.66. The lowest BCUT2D eigenvalue weighted by molar-refractivity contribution is 0.0863. The Hall–Kier alpha value is -1.13. The van der Waals surface area contributed by atoms with Gasteiger partial charge in [0.15, 0.2) is 0 Å². The molecule has 90 valence electrons. The second-order valence-electron chi connectivity index (χ2n) is 4.50. The van der Waals surface area contributed by atoms with Crippen LogP contribution in [0.1, 0.15) is 19.4 Å². The van der Waals surface area contributed by atoms with E-state index in [-0.39, 0.29) is 5.92 Å². The zero-order valence-corrected chi connectivity index (χ0v) is 9.93. The van der Waals surface area contributed by atoms with Gasteiger partial charge < -0.3 is 16.6 Å². The summed E-state index contributed by atoms with van der Waals surface area (Å²) in [4.78, 5) is 3.92. The standard InChI is InChI=1S/C12H21N3O/c1-8(2)10(7-13)11(16)5-9-3-4-15-12(14)6-9/h3-4,6,8,10-11,16H,5,7,13H2,1-2H3,(H2,14,15). The van der Waals surface area contributed by atoms with E-state index in [1.807, 2.05) is 6.07 Å². The highest BCUT2D eigenvalue weighted by Gasteiger charge is 2.21. The summed E-state index contributed by atoms with van der Waals surface area (Å²) in [7, 11) is 0. The Morgan fingerprint density at radius 2 is 2.12 bits per heavy atom. The first kappa shape index (κ1) is 12.9. The molecule has 0 fully saturated rings. The summed E-state index contributed by atoms with van der Waals surface area (Å²) in [6.45, 7) is 4.64. The fourth-order valence-corrected chi connectivity index (χ4v) is 1.89. The van der Waals surface area contributed by atoms with Crippen molar-refractivity contribution in [2.24, 2.45) is 17.6 Å². The zero-order valence-electron chi connectivity index (χ0n) is 9.93. The van der Waals surface area contributed by atoms with Gasteiger partial charge in [0, 0.05) is 6.20 Å². The van der Waals surface area contributed by atoms with Gasteiger partial charge in [-0.25, -0.2) is 4.98 Å². The monoisotopic (exact) mass is 223 g/mol. The Morgan fingerprint density at radius 1 is 1.44 bits per heavy atom. The van der Waals surface area contributed by atoms with E-state index >= 15 is 0 Å². The van der Waals surface area contributed by atoms with Gasteiger partial charge in [-0.3, -0.25) is 0 Å². The van der Waals surface area contributed by atoms with Crippen LogP contribution >= 0.6 is 0 Å². The van der Waals surface area contributed by atoms with Crippen LogP contribution in [0.3, 0.4) is 0 Å². The number of anilines is 1. The molecule has 0 aromatic carbocycles. The number of aliphatic hydroxyl groups excluding tert-OH is 1. The number of nitrogen functional groups attached to an aromatic ring is 1. The summed E-state index contributed by atoms with van der Waals surface area (Å²) >= 11 is 0. The predicted octanol–water partition coefficient (Wildman–Crippen LogP) is 0.798. The van der Waals surface area contributed by atoms with Gasteiger partial charge in [-0.2, -0.15) is 0 Å². The van der Waals surface area contributed by atoms with Crippen molar-refractivity contribution in [2.45, 2.75) is 26.4 Å². The maximum Gasteiger partial charge on any atom is 0.123 e. The molecule has 0 aliphatic heterocycles. The third-order valence-electron chi connectivity index (χ3n) is 2.91. The number of rotatable bonds is 5. The summed E-state index contributed by atoms with van der Waals surface area (Å²) in [5, 5.41) is 10.1. The van der Waals surface area contributed by atoms with Gasteiger partial charge >= 0.3 is 0 Å². The minimum absolute atomic E-state index is 0.120. The van der Waals surface area contributed by atoms with Gasteiger partial charge in [-0.15, -0.1) is 0 Å². The SMILES string of the molecule is CC(C)C(CN)C(O)Cc1ccnc(N)c1. The Labute approximate surface area is 96.7 Å². The van der Waals surface area contributed by atoms with Crippen LogP contribution in [0.15, 0.2) is 18.3 Å². The van der Waals surface area contributed by atoms with E-state index in [0.29, 0.717) is 24.7 Å². The lowest BCUT2D eigenvalue weighted by atomic mass is 9.87. The van der Waals surface area contributed by atoms with Gasteiger partial charge in [0.25, 0.3) is 0 Å². The van der Waals surface area contributed by atoms with E-state index in [1.165, 1.54) is 0 Å². The number of nitrogens with two attached hydrogens (primary N) is 2. The number of hydrogen-bond acceptors (Lipinski definition) is 4. The highest BCUT2D eigenvalue weighted by atomic mass is 16.3. The molecule has 0 bridgehead atoms. The molecule has 1 aromatic heterocycles. The molecule has 4 heteroatoms. The first-order valence-electron chi connectivity index (χ1n) is 5.63. The van der Waals surface area contributed by atoms with Crippen LogP contribution in [0.5, 0.6) is 0 Å². The maximum absolute atomic E-state index is 10.1. The van der Waals surface area contributed by atoms with E-state index in [0.717, 1.165) is 5.56 Å². The maximum atomic E-state index is 10.1. The molecule has 1 aromatic rings. The fraction of sp³-hybridized carbons (Fsp3) is 0.583. The molecule has 0 aliphatic rings. The van der Waals surface area contributed by atoms with Crippen LogP contribution in [0.4, 0.5) is 5.82 Å². The van der Waals surface area contributed by atoms with E-state index in [2.05, 4.69) is 18.8 Å². The van der Waals surface area contributed by atoms with Crippen molar-refractivity contribution in [3.63, 3.8) is 0 Å². The molecule has 1 heterocycles. The second kappa shape index (κ2) is 5.82. The quantitative estimate of drug-likeness (QED) is 0.689. The van der Waals surface area contributed by atoms with Crippen molar-refractivity contribution in [2.75, 3.05) is 12.3 Å². The van der Waals surface area contributed by atoms with Gasteiger partial charge in [0.2, 0.25) is 0 Å². The summed E-state index contributed by atoms with van der Waals surface area (Å²) in [5.41, 5.74) is 12.2. The molecular formula is C12H21N3O. The van der Waals surface area contributed by atoms with E-state index in [4.69, 9.17) is 11.5 Å². The molecule has 1 rings (SSSR count). The lowest BCUT2D eigenvalue weighted by Gasteiger charge is -2.24. The highest BCUT2D eigenvalue weighted by molar-refractivity contribution is 5.32. The molecule has 5 N–H and O–H groups in total. The van der Waals surface area contributed by atoms with E-state index in [9.17, 15) is 5.11 Å². The van der Waals surface area contributed by atoms with Crippen LogP contribution in [-0.4, -0.2) is 22.7 Å². The first-order chi connectivity index (χ1) is 7.54. The molecule has 0 saturated carbocycles. The summed E-state index contributed by atoms with van der Waals surface area (Å²) in [5.74, 6) is 0.979. The average molecular weight is 223 g/mol. The van der Waals surface area contributed by atoms with Crippen molar-refractivity contribution in [3.05, 3.63) is 23.9 Å². The normalized spacial score (nSPS) is 15.1. The molecule has 0 radical (unpaired) electrons. The molecule has 16 heavy (non-hydrogen) atoms. The molecule has 2 unspecified atom stereocenters. The predicted molar refractivity (Wildman–Crippen MR) is 65.7 cm³/mol. The lowest BCUT2D eigenvalue weighted by Crippen LogP contribution is -2.33. The highest BCUT2D eigenvalue weighted by Crippen LogP contribution is 2.18. The minimum atomic E-state index is -0.424. The number of nitrogens with zero attached hydrogens (tertiary/aromatic N) is 1. The minimum Gasteiger partial charge on any atom is -0.392 e. The number of pyridine rings is 1. The Morgan fingerprint density at radius 3 is 2.62 bits per heavy atom. The van der Waals surface area contributed by atoms with Gasteiger partial charge in [0.05, 0.1) is 6.10 Å². The molecule has 2 atom stereocenters. The third-order valence-corrected chi connectivity index (χ3v) is 2.91. The Balaban J connectivity index is 2.66. The number of aromatic nitrogens is 1. The number of aliphatic hydroxyl groups is 1. The first-order valence-corrected chi connectivity index (χ1v) is 5.63. The van der Waals surface area contributed by atoms with Gasteiger partial charge in [-0.1, -0.05) is 13.8 Å². The molecule has 0 aliphatic carbocycles. The number of hydrogen-bond donors (Lipinski definition) is 3. The Bertz CT molecular complexity index is 328. The molecule has 0 amide bonds. The van der Waals surface area contributed by atoms with Crippen molar-refractivity contribution in [1.29, 1.82) is 0 Å². The Kier molecular flexibility index (Phi) is 4.71. The average Bonchev–Trinajstić information content (AvgIpc) is 2.17. The van der Waals surface area contributed by atoms with Gasteiger partial charge in [0.1, 0.15) is 5.82 Å².